The first-order valence-corrected chi connectivity index (χ1v) is 6.34. The van der Waals surface area contributed by atoms with Gasteiger partial charge >= 0.3 is 0 Å². The highest BCUT2D eigenvalue weighted by Crippen LogP contribution is 2.24. The zero-order valence-electron chi connectivity index (χ0n) is 11.0. The van der Waals surface area contributed by atoms with E-state index < -0.39 is 0 Å². The lowest BCUT2D eigenvalue weighted by Crippen LogP contribution is -1.96. The highest BCUT2D eigenvalue weighted by atomic mass is 19.1. The maximum Gasteiger partial charge on any atom is 0.153 e. The fraction of sp³-hybridized carbons (Fsp3) is 0.133. The summed E-state index contributed by atoms with van der Waals surface area (Å²) in [7, 11) is 0. The minimum Gasteiger partial charge on any atom is -0.382 e. The van der Waals surface area contributed by atoms with E-state index in [2.05, 4.69) is 15.0 Å². The Balaban J connectivity index is 2.19. The Labute approximate surface area is 115 Å². The number of aromatic nitrogens is 3. The van der Waals surface area contributed by atoms with Crippen LogP contribution in [0.5, 0.6) is 0 Å². The van der Waals surface area contributed by atoms with Crippen LogP contribution < -0.4 is 5.73 Å². The molecule has 3 rings (SSSR count). The summed E-state index contributed by atoms with van der Waals surface area (Å²) in [5.41, 5.74) is 9.33. The Morgan fingerprint density at radius 1 is 1.15 bits per heavy atom. The zero-order chi connectivity index (χ0) is 14.1. The first-order chi connectivity index (χ1) is 9.67. The summed E-state index contributed by atoms with van der Waals surface area (Å²) in [6.45, 7) is 1.98. The van der Waals surface area contributed by atoms with E-state index in [1.165, 1.54) is 18.5 Å². The first-order valence-electron chi connectivity index (χ1n) is 6.34. The Kier molecular flexibility index (Phi) is 3.02. The number of halogens is 1. The third-order valence-corrected chi connectivity index (χ3v) is 3.17. The van der Waals surface area contributed by atoms with Crippen molar-refractivity contribution in [2.24, 2.45) is 0 Å². The van der Waals surface area contributed by atoms with Gasteiger partial charge in [-0.05, 0) is 42.3 Å². The van der Waals surface area contributed by atoms with Crippen LogP contribution in [-0.2, 0) is 6.42 Å². The smallest absolute Gasteiger partial charge is 0.153 e. The van der Waals surface area contributed by atoms with Crippen LogP contribution in [0.4, 0.5) is 10.2 Å². The molecule has 2 N–H and O–H groups in total. The molecule has 0 atom stereocenters. The number of nitrogens with two attached hydrogens (primary N) is 1. The Bertz CT molecular complexity index is 786. The standard InChI is InChI=1S/C15H13FN4/c1-2-9-5-10(7-11(16)6-9)12-3-4-13-14(20-12)15(17)19-8-18-13/h3-8H,2H2,1H3,(H2,17,18,19). The van der Waals surface area contributed by atoms with Gasteiger partial charge in [0.2, 0.25) is 0 Å². The second-order valence-corrected chi connectivity index (χ2v) is 4.52. The van der Waals surface area contributed by atoms with Crippen LogP contribution in [0.25, 0.3) is 22.3 Å². The number of anilines is 1. The van der Waals surface area contributed by atoms with Gasteiger partial charge < -0.3 is 5.73 Å². The number of fused-ring (bicyclic) bond motifs is 1. The van der Waals surface area contributed by atoms with Crippen LogP contribution in [0.2, 0.25) is 0 Å². The average Bonchev–Trinajstić information content (AvgIpc) is 2.46. The van der Waals surface area contributed by atoms with Crippen molar-refractivity contribution in [3.8, 4) is 11.3 Å². The molecular weight excluding hydrogens is 255 g/mol. The molecule has 5 heteroatoms. The second kappa shape index (κ2) is 4.85. The minimum atomic E-state index is -0.265. The van der Waals surface area contributed by atoms with Crippen molar-refractivity contribution in [1.82, 2.24) is 15.0 Å². The number of nitrogens with zero attached hydrogens (tertiary/aromatic N) is 3. The lowest BCUT2D eigenvalue weighted by molar-refractivity contribution is 0.626. The molecule has 1 aromatic carbocycles. The minimum absolute atomic E-state index is 0.265. The van der Waals surface area contributed by atoms with Crippen LogP contribution in [0.15, 0.2) is 36.7 Å². The molecule has 3 aromatic rings. The fourth-order valence-electron chi connectivity index (χ4n) is 2.12. The molecule has 0 fully saturated rings. The van der Waals surface area contributed by atoms with E-state index in [0.717, 1.165) is 17.5 Å². The van der Waals surface area contributed by atoms with Gasteiger partial charge in [-0.15, -0.1) is 0 Å². The van der Waals surface area contributed by atoms with Gasteiger partial charge in [0.05, 0.1) is 11.2 Å². The maximum absolute atomic E-state index is 13.6. The summed E-state index contributed by atoms with van der Waals surface area (Å²) in [4.78, 5) is 12.5. The molecule has 0 radical (unpaired) electrons. The molecule has 2 aromatic heterocycles. The van der Waals surface area contributed by atoms with E-state index in [9.17, 15) is 4.39 Å². The molecule has 0 aliphatic heterocycles. The predicted molar refractivity (Wildman–Crippen MR) is 76.5 cm³/mol. The highest BCUT2D eigenvalue weighted by molar-refractivity contribution is 5.85. The molecule has 4 nitrogen and oxygen atoms in total. The van der Waals surface area contributed by atoms with Gasteiger partial charge in [-0.25, -0.2) is 19.3 Å². The van der Waals surface area contributed by atoms with Gasteiger partial charge in [0, 0.05) is 5.56 Å². The predicted octanol–water partition coefficient (Wildman–Crippen LogP) is 2.98. The molecule has 100 valence electrons. The van der Waals surface area contributed by atoms with Gasteiger partial charge in [0.25, 0.3) is 0 Å². The number of nitrogen functional groups attached to an aromatic ring is 1. The van der Waals surface area contributed by atoms with Crippen LogP contribution in [-0.4, -0.2) is 15.0 Å². The topological polar surface area (TPSA) is 64.7 Å². The molecule has 20 heavy (non-hydrogen) atoms. The van der Waals surface area contributed by atoms with Gasteiger partial charge in [0.1, 0.15) is 17.7 Å². The van der Waals surface area contributed by atoms with E-state index in [1.54, 1.807) is 0 Å². The summed E-state index contributed by atoms with van der Waals surface area (Å²) in [5.74, 6) is 0.0579. The second-order valence-electron chi connectivity index (χ2n) is 4.52. The van der Waals surface area contributed by atoms with Gasteiger partial charge in [0.15, 0.2) is 5.82 Å². The number of hydrogen-bond acceptors (Lipinski definition) is 4. The molecule has 0 amide bonds. The molecule has 0 saturated heterocycles. The lowest BCUT2D eigenvalue weighted by atomic mass is 10.1. The van der Waals surface area contributed by atoms with Gasteiger partial charge in [-0.1, -0.05) is 6.92 Å². The van der Waals surface area contributed by atoms with Gasteiger partial charge in [-0.2, -0.15) is 0 Å². The Morgan fingerprint density at radius 3 is 2.80 bits per heavy atom. The maximum atomic E-state index is 13.6. The van der Waals surface area contributed by atoms with Crippen molar-refractivity contribution >= 4 is 16.9 Å². The van der Waals surface area contributed by atoms with E-state index in [0.29, 0.717) is 22.5 Å². The monoisotopic (exact) mass is 268 g/mol. The van der Waals surface area contributed by atoms with Crippen molar-refractivity contribution < 1.29 is 4.39 Å². The number of hydrogen-bond donors (Lipinski definition) is 1. The summed E-state index contributed by atoms with van der Waals surface area (Å²) in [5, 5.41) is 0. The number of aryl methyl sites for hydroxylation is 1. The van der Waals surface area contributed by atoms with Crippen molar-refractivity contribution in [1.29, 1.82) is 0 Å². The first kappa shape index (κ1) is 12.5. The van der Waals surface area contributed by atoms with E-state index in [4.69, 9.17) is 5.73 Å². The van der Waals surface area contributed by atoms with Crippen molar-refractivity contribution in [2.45, 2.75) is 13.3 Å². The summed E-state index contributed by atoms with van der Waals surface area (Å²) >= 11 is 0. The van der Waals surface area contributed by atoms with E-state index in [-0.39, 0.29) is 5.82 Å². The highest BCUT2D eigenvalue weighted by Gasteiger charge is 2.07. The third-order valence-electron chi connectivity index (χ3n) is 3.17. The molecule has 0 bridgehead atoms. The fourth-order valence-corrected chi connectivity index (χ4v) is 2.12. The molecular formula is C15H13FN4. The molecule has 0 aliphatic rings. The molecule has 2 heterocycles. The number of rotatable bonds is 2. The number of pyridine rings is 1. The average molecular weight is 268 g/mol. The Morgan fingerprint density at radius 2 is 2.00 bits per heavy atom. The summed E-state index contributed by atoms with van der Waals surface area (Å²) in [6, 6.07) is 8.54. The van der Waals surface area contributed by atoms with Crippen molar-refractivity contribution in [3.05, 3.63) is 48.0 Å². The zero-order valence-corrected chi connectivity index (χ0v) is 11.0. The third kappa shape index (κ3) is 2.18. The van der Waals surface area contributed by atoms with Crippen molar-refractivity contribution in [3.63, 3.8) is 0 Å². The normalized spacial score (nSPS) is 10.9. The van der Waals surface area contributed by atoms with Gasteiger partial charge in [-0.3, -0.25) is 0 Å². The summed E-state index contributed by atoms with van der Waals surface area (Å²) in [6.07, 6.45) is 2.17. The van der Waals surface area contributed by atoms with Crippen LogP contribution >= 0.6 is 0 Å². The van der Waals surface area contributed by atoms with Crippen LogP contribution in [0.3, 0.4) is 0 Å². The Hall–Kier alpha value is -2.56. The van der Waals surface area contributed by atoms with Crippen LogP contribution in [0, 0.1) is 5.82 Å². The summed E-state index contributed by atoms with van der Waals surface area (Å²) < 4.78 is 13.6. The lowest BCUT2D eigenvalue weighted by Gasteiger charge is -2.06. The van der Waals surface area contributed by atoms with Crippen LogP contribution in [0.1, 0.15) is 12.5 Å². The molecule has 0 aliphatic carbocycles. The number of benzene rings is 1. The molecule has 0 unspecified atom stereocenters. The molecule has 0 saturated carbocycles. The largest absolute Gasteiger partial charge is 0.382 e. The van der Waals surface area contributed by atoms with E-state index >= 15 is 0 Å². The SMILES string of the molecule is CCc1cc(F)cc(-c2ccc3ncnc(N)c3n2)c1. The van der Waals surface area contributed by atoms with Crippen molar-refractivity contribution in [2.75, 3.05) is 5.73 Å². The quantitative estimate of drug-likeness (QED) is 0.776. The van der Waals surface area contributed by atoms with E-state index in [1.807, 2.05) is 25.1 Å². The molecule has 0 spiro atoms.